The molecule has 2 saturated heterocycles. The largest absolute Gasteiger partial charge is 0.492 e. The van der Waals surface area contributed by atoms with Crippen LogP contribution in [0, 0.1) is 5.92 Å². The molecule has 2 fully saturated rings. The first-order valence-corrected chi connectivity index (χ1v) is 10.5. The highest BCUT2D eigenvalue weighted by Gasteiger charge is 2.24. The van der Waals surface area contributed by atoms with Crippen molar-refractivity contribution in [3.63, 3.8) is 0 Å². The fourth-order valence-corrected chi connectivity index (χ4v) is 3.97. The summed E-state index contributed by atoms with van der Waals surface area (Å²) in [4.78, 5) is 28.8. The minimum absolute atomic E-state index is 0.0882. The van der Waals surface area contributed by atoms with Gasteiger partial charge in [-0.05, 0) is 56.6 Å². The molecule has 3 rings (SSSR count). The number of carbonyl (C=O) groups is 2. The molecule has 0 aromatic heterocycles. The number of piperidine rings is 2. The zero-order valence-electron chi connectivity index (χ0n) is 16.5. The first-order chi connectivity index (χ1) is 13.2. The normalized spacial score (nSPS) is 18.4. The number of amides is 2. The van der Waals surface area contributed by atoms with Crippen LogP contribution in [0.4, 0.5) is 0 Å². The minimum Gasteiger partial charge on any atom is -0.492 e. The Balaban J connectivity index is 1.53. The van der Waals surface area contributed by atoms with E-state index in [0.717, 1.165) is 58.3 Å². The van der Waals surface area contributed by atoms with E-state index < -0.39 is 0 Å². The SMILES string of the molecule is CCCC(=O)N1CCC(COc2ccccc2C(=O)N2CCCCC2)CC1. The van der Waals surface area contributed by atoms with Crippen LogP contribution < -0.4 is 4.74 Å². The van der Waals surface area contributed by atoms with Crippen LogP contribution in [-0.4, -0.2) is 54.4 Å². The second-order valence-corrected chi connectivity index (χ2v) is 7.73. The summed E-state index contributed by atoms with van der Waals surface area (Å²) in [6.45, 7) is 5.98. The molecule has 0 N–H and O–H groups in total. The van der Waals surface area contributed by atoms with E-state index in [4.69, 9.17) is 4.74 Å². The number of para-hydroxylation sites is 1. The van der Waals surface area contributed by atoms with E-state index in [1.54, 1.807) is 0 Å². The van der Waals surface area contributed by atoms with Crippen LogP contribution in [0.25, 0.3) is 0 Å². The summed E-state index contributed by atoms with van der Waals surface area (Å²) in [6.07, 6.45) is 6.88. The zero-order chi connectivity index (χ0) is 19.1. The Labute approximate surface area is 162 Å². The van der Waals surface area contributed by atoms with Crippen LogP contribution in [-0.2, 0) is 4.79 Å². The molecule has 2 amide bonds. The Kier molecular flexibility index (Phi) is 7.13. The number of nitrogens with zero attached hydrogens (tertiary/aromatic N) is 2. The monoisotopic (exact) mass is 372 g/mol. The van der Waals surface area contributed by atoms with Crippen LogP contribution in [0.1, 0.15) is 62.2 Å². The lowest BCUT2D eigenvalue weighted by atomic mass is 9.97. The van der Waals surface area contributed by atoms with Gasteiger partial charge in [0.15, 0.2) is 0 Å². The van der Waals surface area contributed by atoms with Crippen LogP contribution in [0.15, 0.2) is 24.3 Å². The van der Waals surface area contributed by atoms with Gasteiger partial charge in [0.25, 0.3) is 5.91 Å². The van der Waals surface area contributed by atoms with Crippen LogP contribution in [0.3, 0.4) is 0 Å². The maximum atomic E-state index is 12.9. The van der Waals surface area contributed by atoms with Crippen molar-refractivity contribution in [2.45, 2.75) is 51.9 Å². The lowest BCUT2D eigenvalue weighted by Crippen LogP contribution is -2.39. The van der Waals surface area contributed by atoms with Gasteiger partial charge < -0.3 is 14.5 Å². The average Bonchev–Trinajstić information content (AvgIpc) is 2.73. The highest BCUT2D eigenvalue weighted by atomic mass is 16.5. The first kappa shape index (κ1) is 19.7. The Morgan fingerprint density at radius 1 is 1.00 bits per heavy atom. The van der Waals surface area contributed by atoms with Gasteiger partial charge in [-0.1, -0.05) is 19.1 Å². The molecule has 2 heterocycles. The van der Waals surface area contributed by atoms with E-state index in [2.05, 4.69) is 0 Å². The molecule has 1 aromatic rings. The molecule has 1 aromatic carbocycles. The summed E-state index contributed by atoms with van der Waals surface area (Å²) in [7, 11) is 0. The lowest BCUT2D eigenvalue weighted by molar-refractivity contribution is -0.132. The molecule has 0 radical (unpaired) electrons. The molecular formula is C22H32N2O3. The number of hydrogen-bond donors (Lipinski definition) is 0. The second kappa shape index (κ2) is 9.77. The number of ether oxygens (including phenoxy) is 1. The standard InChI is InChI=1S/C22H32N2O3/c1-2-8-21(25)23-15-11-18(12-16-23)17-27-20-10-5-4-9-19(20)22(26)24-13-6-3-7-14-24/h4-5,9-10,18H,2-3,6-8,11-17H2,1H3. The lowest BCUT2D eigenvalue weighted by Gasteiger charge is -2.32. The molecular weight excluding hydrogens is 340 g/mol. The van der Waals surface area contributed by atoms with Gasteiger partial charge in [-0.15, -0.1) is 0 Å². The van der Waals surface area contributed by atoms with E-state index in [0.29, 0.717) is 30.3 Å². The third kappa shape index (κ3) is 5.24. The van der Waals surface area contributed by atoms with Crippen molar-refractivity contribution in [2.24, 2.45) is 5.92 Å². The summed E-state index contributed by atoms with van der Waals surface area (Å²) in [5, 5.41) is 0. The first-order valence-electron chi connectivity index (χ1n) is 10.5. The van der Waals surface area contributed by atoms with Crippen molar-refractivity contribution in [2.75, 3.05) is 32.8 Å². The van der Waals surface area contributed by atoms with Gasteiger partial charge in [0, 0.05) is 32.6 Å². The summed E-state index contributed by atoms with van der Waals surface area (Å²) >= 11 is 0. The van der Waals surface area contributed by atoms with E-state index in [1.807, 2.05) is 41.0 Å². The zero-order valence-corrected chi connectivity index (χ0v) is 16.5. The van der Waals surface area contributed by atoms with Crippen molar-refractivity contribution >= 4 is 11.8 Å². The number of likely N-dealkylation sites (tertiary alicyclic amines) is 2. The topological polar surface area (TPSA) is 49.9 Å². The van der Waals surface area contributed by atoms with Crippen LogP contribution in [0.5, 0.6) is 5.75 Å². The van der Waals surface area contributed by atoms with Crippen molar-refractivity contribution in [1.82, 2.24) is 9.80 Å². The van der Waals surface area contributed by atoms with Gasteiger partial charge in [-0.2, -0.15) is 0 Å². The van der Waals surface area contributed by atoms with Gasteiger partial charge in [-0.25, -0.2) is 0 Å². The van der Waals surface area contributed by atoms with Gasteiger partial charge in [-0.3, -0.25) is 9.59 Å². The van der Waals surface area contributed by atoms with Crippen LogP contribution >= 0.6 is 0 Å². The Morgan fingerprint density at radius 3 is 2.41 bits per heavy atom. The molecule has 5 heteroatoms. The molecule has 2 aliphatic rings. The molecule has 0 saturated carbocycles. The summed E-state index contributed by atoms with van der Waals surface area (Å²) in [5.41, 5.74) is 0.676. The molecule has 0 unspecified atom stereocenters. The highest BCUT2D eigenvalue weighted by molar-refractivity contribution is 5.97. The minimum atomic E-state index is 0.0882. The Morgan fingerprint density at radius 2 is 1.70 bits per heavy atom. The predicted molar refractivity (Wildman–Crippen MR) is 106 cm³/mol. The maximum Gasteiger partial charge on any atom is 0.257 e. The molecule has 0 spiro atoms. The molecule has 0 bridgehead atoms. The number of carbonyl (C=O) groups excluding carboxylic acids is 2. The summed E-state index contributed by atoms with van der Waals surface area (Å²) in [6, 6.07) is 7.60. The molecule has 27 heavy (non-hydrogen) atoms. The maximum absolute atomic E-state index is 12.9. The van der Waals surface area contributed by atoms with Gasteiger partial charge in [0.05, 0.1) is 12.2 Å². The van der Waals surface area contributed by atoms with Gasteiger partial charge in [0.1, 0.15) is 5.75 Å². The van der Waals surface area contributed by atoms with E-state index in [9.17, 15) is 9.59 Å². The number of benzene rings is 1. The second-order valence-electron chi connectivity index (χ2n) is 7.73. The van der Waals surface area contributed by atoms with Gasteiger partial charge in [0.2, 0.25) is 5.91 Å². The van der Waals surface area contributed by atoms with E-state index in [1.165, 1.54) is 6.42 Å². The van der Waals surface area contributed by atoms with E-state index >= 15 is 0 Å². The highest BCUT2D eigenvalue weighted by Crippen LogP contribution is 2.25. The third-order valence-electron chi connectivity index (χ3n) is 5.67. The van der Waals surface area contributed by atoms with Gasteiger partial charge >= 0.3 is 0 Å². The summed E-state index contributed by atoms with van der Waals surface area (Å²) in [5.74, 6) is 1.49. The molecule has 5 nitrogen and oxygen atoms in total. The van der Waals surface area contributed by atoms with Crippen molar-refractivity contribution in [3.05, 3.63) is 29.8 Å². The Hall–Kier alpha value is -2.04. The number of hydrogen-bond acceptors (Lipinski definition) is 3. The quantitative estimate of drug-likeness (QED) is 0.764. The molecule has 0 atom stereocenters. The van der Waals surface area contributed by atoms with Crippen molar-refractivity contribution < 1.29 is 14.3 Å². The fourth-order valence-electron chi connectivity index (χ4n) is 3.97. The third-order valence-corrected chi connectivity index (χ3v) is 5.67. The van der Waals surface area contributed by atoms with Crippen molar-refractivity contribution in [1.29, 1.82) is 0 Å². The molecule has 148 valence electrons. The number of rotatable bonds is 6. The smallest absolute Gasteiger partial charge is 0.257 e. The van der Waals surface area contributed by atoms with E-state index in [-0.39, 0.29) is 11.8 Å². The predicted octanol–water partition coefficient (Wildman–Crippen LogP) is 3.73. The molecule has 0 aliphatic carbocycles. The average molecular weight is 373 g/mol. The Bertz CT molecular complexity index is 632. The molecule has 2 aliphatic heterocycles. The van der Waals surface area contributed by atoms with Crippen LogP contribution in [0.2, 0.25) is 0 Å². The fraction of sp³-hybridized carbons (Fsp3) is 0.636. The van der Waals surface area contributed by atoms with Crippen molar-refractivity contribution in [3.8, 4) is 5.75 Å². The summed E-state index contributed by atoms with van der Waals surface area (Å²) < 4.78 is 6.08.